The van der Waals surface area contributed by atoms with Gasteiger partial charge in [-0.25, -0.2) is 4.79 Å². The molecule has 5 nitrogen and oxygen atoms in total. The van der Waals surface area contributed by atoms with Crippen LogP contribution in [0.15, 0.2) is 11.0 Å². The van der Waals surface area contributed by atoms with E-state index in [1.54, 1.807) is 17.8 Å². The van der Waals surface area contributed by atoms with Crippen molar-refractivity contribution in [3.05, 3.63) is 22.2 Å². The number of hydrogen-bond donors (Lipinski definition) is 1. The Morgan fingerprint density at radius 2 is 2.47 bits per heavy atom. The fourth-order valence-electron chi connectivity index (χ4n) is 1.81. The van der Waals surface area contributed by atoms with Gasteiger partial charge in [-0.05, 0) is 19.8 Å². The van der Waals surface area contributed by atoms with E-state index in [9.17, 15) is 4.79 Å². The van der Waals surface area contributed by atoms with Crippen molar-refractivity contribution in [1.82, 2.24) is 9.55 Å². The van der Waals surface area contributed by atoms with E-state index in [0.29, 0.717) is 5.82 Å². The molecule has 1 aromatic heterocycles. The van der Waals surface area contributed by atoms with Crippen molar-refractivity contribution in [2.75, 3.05) is 19.0 Å². The number of ether oxygens (including phenoxy) is 1. The van der Waals surface area contributed by atoms with E-state index < -0.39 is 0 Å². The van der Waals surface area contributed by atoms with Gasteiger partial charge in [-0.3, -0.25) is 4.57 Å². The highest BCUT2D eigenvalue weighted by Gasteiger charge is 2.19. The minimum atomic E-state index is -0.253. The SMILES string of the molecule is CNc1nc(=O)n(C2CCCO2)cc1C. The van der Waals surface area contributed by atoms with Gasteiger partial charge in [0.25, 0.3) is 0 Å². The third-order valence-electron chi connectivity index (χ3n) is 2.59. The first-order chi connectivity index (χ1) is 7.22. The quantitative estimate of drug-likeness (QED) is 0.786. The molecule has 0 amide bonds. The van der Waals surface area contributed by atoms with Crippen LogP contribution in [0.4, 0.5) is 5.82 Å². The minimum absolute atomic E-state index is 0.130. The van der Waals surface area contributed by atoms with Crippen molar-refractivity contribution >= 4 is 5.82 Å². The zero-order valence-corrected chi connectivity index (χ0v) is 8.99. The van der Waals surface area contributed by atoms with Crippen LogP contribution in [0.3, 0.4) is 0 Å². The molecule has 1 aromatic rings. The summed E-state index contributed by atoms with van der Waals surface area (Å²) in [4.78, 5) is 15.6. The summed E-state index contributed by atoms with van der Waals surface area (Å²) in [7, 11) is 1.76. The molecule has 1 N–H and O–H groups in total. The monoisotopic (exact) mass is 209 g/mol. The third kappa shape index (κ3) is 1.87. The molecule has 1 atom stereocenters. The molecule has 5 heteroatoms. The largest absolute Gasteiger partial charge is 0.373 e. The van der Waals surface area contributed by atoms with Gasteiger partial charge in [-0.15, -0.1) is 0 Å². The summed E-state index contributed by atoms with van der Waals surface area (Å²) in [5, 5.41) is 2.89. The Hall–Kier alpha value is -1.36. The zero-order chi connectivity index (χ0) is 10.8. The smallest absolute Gasteiger partial charge is 0.351 e. The van der Waals surface area contributed by atoms with Gasteiger partial charge >= 0.3 is 5.69 Å². The fraction of sp³-hybridized carbons (Fsp3) is 0.600. The Labute approximate surface area is 88.1 Å². The minimum Gasteiger partial charge on any atom is -0.373 e. The molecular weight excluding hydrogens is 194 g/mol. The molecule has 0 aromatic carbocycles. The Kier molecular flexibility index (Phi) is 2.73. The Balaban J connectivity index is 2.40. The van der Waals surface area contributed by atoms with Crippen LogP contribution in [-0.2, 0) is 4.74 Å². The molecule has 0 aliphatic carbocycles. The van der Waals surface area contributed by atoms with E-state index in [1.165, 1.54) is 0 Å². The van der Waals surface area contributed by atoms with Gasteiger partial charge in [0.1, 0.15) is 12.0 Å². The maximum absolute atomic E-state index is 11.7. The molecule has 0 saturated carbocycles. The lowest BCUT2D eigenvalue weighted by molar-refractivity contribution is 0.0526. The average Bonchev–Trinajstić information content (AvgIpc) is 2.74. The first-order valence-corrected chi connectivity index (χ1v) is 5.11. The molecule has 82 valence electrons. The second kappa shape index (κ2) is 4.02. The highest BCUT2D eigenvalue weighted by molar-refractivity contribution is 5.40. The van der Waals surface area contributed by atoms with E-state index in [0.717, 1.165) is 25.0 Å². The van der Waals surface area contributed by atoms with Crippen LogP contribution < -0.4 is 11.0 Å². The molecule has 0 spiro atoms. The summed E-state index contributed by atoms with van der Waals surface area (Å²) in [6.07, 6.45) is 3.57. The third-order valence-corrected chi connectivity index (χ3v) is 2.59. The van der Waals surface area contributed by atoms with Gasteiger partial charge in [0.15, 0.2) is 0 Å². The predicted octanol–water partition coefficient (Wildman–Crippen LogP) is 0.902. The van der Waals surface area contributed by atoms with Crippen molar-refractivity contribution in [3.63, 3.8) is 0 Å². The Morgan fingerprint density at radius 3 is 3.07 bits per heavy atom. The van der Waals surface area contributed by atoms with Crippen molar-refractivity contribution in [3.8, 4) is 0 Å². The lowest BCUT2D eigenvalue weighted by Crippen LogP contribution is -2.27. The number of rotatable bonds is 2. The number of aryl methyl sites for hydroxylation is 1. The molecule has 2 rings (SSSR count). The van der Waals surface area contributed by atoms with Crippen molar-refractivity contribution in [2.24, 2.45) is 0 Å². The van der Waals surface area contributed by atoms with Crippen LogP contribution in [0.5, 0.6) is 0 Å². The first kappa shape index (κ1) is 10.2. The van der Waals surface area contributed by atoms with Crippen LogP contribution in [-0.4, -0.2) is 23.2 Å². The maximum Gasteiger partial charge on any atom is 0.351 e. The summed E-state index contributed by atoms with van der Waals surface area (Å²) in [6, 6.07) is 0. The van der Waals surface area contributed by atoms with Crippen LogP contribution in [0.25, 0.3) is 0 Å². The van der Waals surface area contributed by atoms with E-state index in [2.05, 4.69) is 10.3 Å². The Bertz CT molecular complexity index is 408. The number of nitrogens with zero attached hydrogens (tertiary/aromatic N) is 2. The predicted molar refractivity (Wildman–Crippen MR) is 57.0 cm³/mol. The molecule has 1 unspecified atom stereocenters. The van der Waals surface area contributed by atoms with Gasteiger partial charge in [0, 0.05) is 25.4 Å². The summed E-state index contributed by atoms with van der Waals surface area (Å²) in [6.45, 7) is 2.65. The number of aromatic nitrogens is 2. The van der Waals surface area contributed by atoms with Gasteiger partial charge in [-0.1, -0.05) is 0 Å². The molecule has 1 fully saturated rings. The standard InChI is InChI=1S/C10H15N3O2/c1-7-6-13(8-4-3-5-15-8)10(14)12-9(7)11-2/h6,8H,3-5H2,1-2H3,(H,11,12,14). The second-order valence-electron chi connectivity index (χ2n) is 3.68. The van der Waals surface area contributed by atoms with Crippen molar-refractivity contribution in [1.29, 1.82) is 0 Å². The molecular formula is C10H15N3O2. The normalized spacial score (nSPS) is 20.5. The van der Waals surface area contributed by atoms with Crippen LogP contribution in [0.1, 0.15) is 24.6 Å². The molecule has 0 bridgehead atoms. The summed E-state index contributed by atoms with van der Waals surface area (Å²) in [5.74, 6) is 0.634. The lowest BCUT2D eigenvalue weighted by Gasteiger charge is -2.14. The molecule has 1 aliphatic rings. The van der Waals surface area contributed by atoms with E-state index in [1.807, 2.05) is 6.92 Å². The Morgan fingerprint density at radius 1 is 1.67 bits per heavy atom. The van der Waals surface area contributed by atoms with Crippen LogP contribution in [0.2, 0.25) is 0 Å². The topological polar surface area (TPSA) is 56.2 Å². The van der Waals surface area contributed by atoms with Gasteiger partial charge in [0.2, 0.25) is 0 Å². The van der Waals surface area contributed by atoms with Crippen molar-refractivity contribution in [2.45, 2.75) is 26.0 Å². The zero-order valence-electron chi connectivity index (χ0n) is 8.99. The summed E-state index contributed by atoms with van der Waals surface area (Å²) < 4.78 is 7.02. The van der Waals surface area contributed by atoms with Gasteiger partial charge in [-0.2, -0.15) is 4.98 Å². The van der Waals surface area contributed by atoms with E-state index in [4.69, 9.17) is 4.74 Å². The van der Waals surface area contributed by atoms with Gasteiger partial charge < -0.3 is 10.1 Å². The average molecular weight is 209 g/mol. The summed E-state index contributed by atoms with van der Waals surface area (Å²) in [5.41, 5.74) is 0.699. The summed E-state index contributed by atoms with van der Waals surface area (Å²) >= 11 is 0. The molecule has 1 saturated heterocycles. The highest BCUT2D eigenvalue weighted by Crippen LogP contribution is 2.21. The lowest BCUT2D eigenvalue weighted by atomic mass is 10.3. The van der Waals surface area contributed by atoms with Crippen LogP contribution >= 0.6 is 0 Å². The highest BCUT2D eigenvalue weighted by atomic mass is 16.5. The molecule has 2 heterocycles. The molecule has 1 aliphatic heterocycles. The maximum atomic E-state index is 11.7. The number of anilines is 1. The van der Waals surface area contributed by atoms with E-state index in [-0.39, 0.29) is 11.9 Å². The molecule has 0 radical (unpaired) electrons. The molecule has 15 heavy (non-hydrogen) atoms. The van der Waals surface area contributed by atoms with E-state index >= 15 is 0 Å². The second-order valence-corrected chi connectivity index (χ2v) is 3.68. The fourth-order valence-corrected chi connectivity index (χ4v) is 1.81. The van der Waals surface area contributed by atoms with Crippen LogP contribution in [0, 0.1) is 6.92 Å². The van der Waals surface area contributed by atoms with Gasteiger partial charge in [0.05, 0.1) is 0 Å². The van der Waals surface area contributed by atoms with Crippen molar-refractivity contribution < 1.29 is 4.74 Å². The first-order valence-electron chi connectivity index (χ1n) is 5.11. The number of hydrogen-bond acceptors (Lipinski definition) is 4. The number of nitrogens with one attached hydrogen (secondary N) is 1.